The maximum Gasteiger partial charge on any atom is 0.160 e. The smallest absolute Gasteiger partial charge is 0.160 e. The number of aromatic nitrogens is 2. The van der Waals surface area contributed by atoms with Gasteiger partial charge in [0.1, 0.15) is 5.82 Å². The molecule has 1 fully saturated rings. The summed E-state index contributed by atoms with van der Waals surface area (Å²) in [5.41, 5.74) is 3.36. The first-order valence-corrected chi connectivity index (χ1v) is 8.94. The Kier molecular flexibility index (Phi) is 4.30. The first-order chi connectivity index (χ1) is 12.2. The summed E-state index contributed by atoms with van der Waals surface area (Å²) in [7, 11) is 3.32. The van der Waals surface area contributed by atoms with E-state index in [1.165, 1.54) is 24.2 Å². The van der Waals surface area contributed by atoms with E-state index in [4.69, 9.17) is 26.1 Å². The van der Waals surface area contributed by atoms with Gasteiger partial charge in [-0.15, -0.1) is 0 Å². The molecule has 1 saturated carbocycles. The van der Waals surface area contributed by atoms with Crippen LogP contribution in [0.4, 0.5) is 0 Å². The van der Waals surface area contributed by atoms with Crippen LogP contribution >= 0.6 is 11.6 Å². The van der Waals surface area contributed by atoms with Crippen LogP contribution in [-0.4, -0.2) is 23.8 Å². The minimum absolute atomic E-state index is 0.594. The molecule has 1 aliphatic rings. The van der Waals surface area contributed by atoms with Crippen molar-refractivity contribution in [3.05, 3.63) is 52.8 Å². The zero-order chi connectivity index (χ0) is 17.4. The van der Waals surface area contributed by atoms with Crippen molar-refractivity contribution in [3.8, 4) is 11.5 Å². The SMILES string of the molecule is COc1ccc(CCn2c(C3CC3)nc3ccc(Cl)cc32)cc1OC. The lowest BCUT2D eigenvalue weighted by Crippen LogP contribution is -2.06. The van der Waals surface area contributed by atoms with Crippen LogP contribution in [0.5, 0.6) is 11.5 Å². The van der Waals surface area contributed by atoms with Gasteiger partial charge >= 0.3 is 0 Å². The van der Waals surface area contributed by atoms with Crippen molar-refractivity contribution in [2.75, 3.05) is 14.2 Å². The summed E-state index contributed by atoms with van der Waals surface area (Å²) in [4.78, 5) is 4.85. The molecule has 0 atom stereocenters. The van der Waals surface area contributed by atoms with Crippen molar-refractivity contribution < 1.29 is 9.47 Å². The molecule has 0 saturated heterocycles. The van der Waals surface area contributed by atoms with Crippen molar-refractivity contribution in [2.24, 2.45) is 0 Å². The Morgan fingerprint density at radius 1 is 1.08 bits per heavy atom. The number of ether oxygens (including phenoxy) is 2. The van der Waals surface area contributed by atoms with E-state index in [1.807, 2.05) is 30.3 Å². The van der Waals surface area contributed by atoms with E-state index >= 15 is 0 Å². The zero-order valence-corrected chi connectivity index (χ0v) is 15.2. The number of nitrogens with zero attached hydrogens (tertiary/aromatic N) is 2. The van der Waals surface area contributed by atoms with Gasteiger partial charge in [0.2, 0.25) is 0 Å². The Bertz CT molecular complexity index is 915. The van der Waals surface area contributed by atoms with Gasteiger partial charge in [-0.05, 0) is 55.2 Å². The van der Waals surface area contributed by atoms with E-state index in [2.05, 4.69) is 10.6 Å². The number of benzene rings is 2. The quantitative estimate of drug-likeness (QED) is 0.634. The van der Waals surface area contributed by atoms with Gasteiger partial charge in [-0.25, -0.2) is 4.98 Å². The fourth-order valence-electron chi connectivity index (χ4n) is 3.28. The van der Waals surface area contributed by atoms with Gasteiger partial charge in [0.25, 0.3) is 0 Å². The lowest BCUT2D eigenvalue weighted by molar-refractivity contribution is 0.354. The normalized spacial score (nSPS) is 14.0. The van der Waals surface area contributed by atoms with E-state index in [0.717, 1.165) is 40.5 Å². The predicted octanol–water partition coefficient (Wildman–Crippen LogP) is 4.83. The van der Waals surface area contributed by atoms with Gasteiger partial charge < -0.3 is 14.0 Å². The Labute approximate surface area is 152 Å². The summed E-state index contributed by atoms with van der Waals surface area (Å²) in [6.45, 7) is 0.873. The fourth-order valence-corrected chi connectivity index (χ4v) is 3.45. The van der Waals surface area contributed by atoms with E-state index in [1.54, 1.807) is 14.2 Å². The zero-order valence-electron chi connectivity index (χ0n) is 14.5. The number of hydrogen-bond acceptors (Lipinski definition) is 3. The second kappa shape index (κ2) is 6.60. The molecule has 0 bridgehead atoms. The fraction of sp³-hybridized carbons (Fsp3) is 0.350. The molecule has 0 radical (unpaired) electrons. The molecule has 1 aliphatic carbocycles. The number of fused-ring (bicyclic) bond motifs is 1. The van der Waals surface area contributed by atoms with Crippen LogP contribution in [-0.2, 0) is 13.0 Å². The Morgan fingerprint density at radius 2 is 1.88 bits per heavy atom. The van der Waals surface area contributed by atoms with Gasteiger partial charge in [-0.2, -0.15) is 0 Å². The monoisotopic (exact) mass is 356 g/mol. The third kappa shape index (κ3) is 3.19. The van der Waals surface area contributed by atoms with Crippen LogP contribution in [0, 0.1) is 0 Å². The molecule has 0 N–H and O–H groups in total. The molecule has 0 aliphatic heterocycles. The molecule has 0 unspecified atom stereocenters. The van der Waals surface area contributed by atoms with Crippen LogP contribution < -0.4 is 9.47 Å². The van der Waals surface area contributed by atoms with Crippen LogP contribution in [0.2, 0.25) is 5.02 Å². The summed E-state index contributed by atoms with van der Waals surface area (Å²) in [6, 6.07) is 12.0. The lowest BCUT2D eigenvalue weighted by Gasteiger charge is -2.12. The van der Waals surface area contributed by atoms with Crippen LogP contribution in [0.3, 0.4) is 0 Å². The summed E-state index contributed by atoms with van der Waals surface area (Å²) >= 11 is 6.21. The maximum absolute atomic E-state index is 6.21. The second-order valence-electron chi connectivity index (χ2n) is 6.47. The molecule has 130 valence electrons. The lowest BCUT2D eigenvalue weighted by atomic mass is 10.1. The van der Waals surface area contributed by atoms with Gasteiger partial charge in [-0.1, -0.05) is 17.7 Å². The average Bonchev–Trinajstić information content (AvgIpc) is 3.42. The molecular weight excluding hydrogens is 336 g/mol. The summed E-state index contributed by atoms with van der Waals surface area (Å²) in [5, 5.41) is 0.752. The first kappa shape index (κ1) is 16.3. The van der Waals surface area contributed by atoms with Crippen molar-refractivity contribution in [2.45, 2.75) is 31.7 Å². The van der Waals surface area contributed by atoms with Crippen molar-refractivity contribution in [1.82, 2.24) is 9.55 Å². The molecule has 0 amide bonds. The highest BCUT2D eigenvalue weighted by Crippen LogP contribution is 2.41. The number of halogens is 1. The molecule has 5 heteroatoms. The van der Waals surface area contributed by atoms with Gasteiger partial charge in [0.15, 0.2) is 11.5 Å². The molecule has 2 aromatic carbocycles. The second-order valence-corrected chi connectivity index (χ2v) is 6.90. The Hall–Kier alpha value is -2.20. The summed E-state index contributed by atoms with van der Waals surface area (Å²) in [5.74, 6) is 3.31. The van der Waals surface area contributed by atoms with Crippen molar-refractivity contribution in [1.29, 1.82) is 0 Å². The minimum atomic E-state index is 0.594. The van der Waals surface area contributed by atoms with Crippen molar-refractivity contribution in [3.63, 3.8) is 0 Å². The molecule has 25 heavy (non-hydrogen) atoms. The summed E-state index contributed by atoms with van der Waals surface area (Å²) < 4.78 is 13.1. The van der Waals surface area contributed by atoms with E-state index in [-0.39, 0.29) is 0 Å². The minimum Gasteiger partial charge on any atom is -0.493 e. The Morgan fingerprint density at radius 3 is 2.60 bits per heavy atom. The first-order valence-electron chi connectivity index (χ1n) is 8.56. The number of imidazole rings is 1. The highest BCUT2D eigenvalue weighted by atomic mass is 35.5. The predicted molar refractivity (Wildman–Crippen MR) is 100.0 cm³/mol. The molecular formula is C20H21ClN2O2. The third-order valence-electron chi connectivity index (χ3n) is 4.75. The standard InChI is InChI=1S/C20H21ClN2O2/c1-24-18-8-3-13(11-19(18)25-2)9-10-23-17-12-15(21)6-7-16(17)22-20(23)14-4-5-14/h3,6-8,11-12,14H,4-5,9-10H2,1-2H3. The highest BCUT2D eigenvalue weighted by Gasteiger charge is 2.29. The highest BCUT2D eigenvalue weighted by molar-refractivity contribution is 6.31. The molecule has 3 aromatic rings. The number of hydrogen-bond donors (Lipinski definition) is 0. The average molecular weight is 357 g/mol. The third-order valence-corrected chi connectivity index (χ3v) is 4.99. The van der Waals surface area contributed by atoms with Gasteiger partial charge in [-0.3, -0.25) is 0 Å². The number of aryl methyl sites for hydroxylation is 2. The van der Waals surface area contributed by atoms with Gasteiger partial charge in [0.05, 0.1) is 25.3 Å². The van der Waals surface area contributed by atoms with E-state index < -0.39 is 0 Å². The van der Waals surface area contributed by atoms with E-state index in [9.17, 15) is 0 Å². The number of rotatable bonds is 6. The topological polar surface area (TPSA) is 36.3 Å². The van der Waals surface area contributed by atoms with Crippen molar-refractivity contribution >= 4 is 22.6 Å². The van der Waals surface area contributed by atoms with E-state index in [0.29, 0.717) is 5.92 Å². The molecule has 1 aromatic heterocycles. The molecule has 4 rings (SSSR count). The Balaban J connectivity index is 1.64. The molecule has 1 heterocycles. The maximum atomic E-state index is 6.21. The largest absolute Gasteiger partial charge is 0.493 e. The van der Waals surface area contributed by atoms with Gasteiger partial charge in [0, 0.05) is 17.5 Å². The van der Waals surface area contributed by atoms with Crippen LogP contribution in [0.1, 0.15) is 30.1 Å². The molecule has 0 spiro atoms. The summed E-state index contributed by atoms with van der Waals surface area (Å²) in [6.07, 6.45) is 3.36. The number of methoxy groups -OCH3 is 2. The van der Waals surface area contributed by atoms with Crippen LogP contribution in [0.25, 0.3) is 11.0 Å². The van der Waals surface area contributed by atoms with Crippen LogP contribution in [0.15, 0.2) is 36.4 Å². The molecule has 4 nitrogen and oxygen atoms in total.